The molecule has 2 aromatic carbocycles. The topological polar surface area (TPSA) is 68.6 Å². The summed E-state index contributed by atoms with van der Waals surface area (Å²) in [6.45, 7) is 2.53. The van der Waals surface area contributed by atoms with Gasteiger partial charge in [0.15, 0.2) is 0 Å². The summed E-state index contributed by atoms with van der Waals surface area (Å²) in [6, 6.07) is 14.3. The SMILES string of the molecule is COc1ccc(Cl)cc1N1CCN(C(=O)Nc2cccc(C#N)c2)CC1. The normalized spacial score (nSPS) is 13.9. The van der Waals surface area contributed by atoms with Crippen LogP contribution in [-0.2, 0) is 0 Å². The zero-order valence-corrected chi connectivity index (χ0v) is 15.2. The smallest absolute Gasteiger partial charge is 0.321 e. The second kappa shape index (κ2) is 7.98. The van der Waals surface area contributed by atoms with Crippen molar-refractivity contribution < 1.29 is 9.53 Å². The number of nitrogens with zero attached hydrogens (tertiary/aromatic N) is 3. The molecule has 26 heavy (non-hydrogen) atoms. The van der Waals surface area contributed by atoms with Gasteiger partial charge in [0.1, 0.15) is 5.75 Å². The standard InChI is InChI=1S/C19H19ClN4O2/c1-26-18-6-5-15(20)12-17(18)23-7-9-24(10-8-23)19(25)22-16-4-2-3-14(11-16)13-21/h2-6,11-12H,7-10H2,1H3,(H,22,25). The molecular formula is C19H19ClN4O2. The number of carbonyl (C=O) groups is 1. The van der Waals surface area contributed by atoms with Gasteiger partial charge in [-0.3, -0.25) is 0 Å². The number of methoxy groups -OCH3 is 1. The minimum absolute atomic E-state index is 0.169. The molecule has 0 aromatic heterocycles. The van der Waals surface area contributed by atoms with Crippen molar-refractivity contribution >= 4 is 29.0 Å². The molecule has 3 rings (SSSR count). The van der Waals surface area contributed by atoms with Gasteiger partial charge >= 0.3 is 6.03 Å². The fraction of sp³-hybridized carbons (Fsp3) is 0.263. The molecule has 0 radical (unpaired) electrons. The predicted molar refractivity (Wildman–Crippen MR) is 102 cm³/mol. The Labute approximate surface area is 157 Å². The van der Waals surface area contributed by atoms with Crippen molar-refractivity contribution in [3.8, 4) is 11.8 Å². The van der Waals surface area contributed by atoms with Crippen molar-refractivity contribution in [2.24, 2.45) is 0 Å². The van der Waals surface area contributed by atoms with Crippen molar-refractivity contribution in [1.29, 1.82) is 5.26 Å². The van der Waals surface area contributed by atoms with E-state index in [0.717, 1.165) is 11.4 Å². The van der Waals surface area contributed by atoms with Crippen molar-refractivity contribution in [2.75, 3.05) is 43.5 Å². The maximum atomic E-state index is 12.5. The minimum atomic E-state index is -0.169. The molecule has 0 spiro atoms. The molecule has 0 bridgehead atoms. The number of halogens is 1. The zero-order chi connectivity index (χ0) is 18.5. The van der Waals surface area contributed by atoms with Crippen molar-refractivity contribution in [1.82, 2.24) is 4.90 Å². The van der Waals surface area contributed by atoms with Crippen LogP contribution in [-0.4, -0.2) is 44.2 Å². The maximum absolute atomic E-state index is 12.5. The molecule has 2 amide bonds. The quantitative estimate of drug-likeness (QED) is 0.896. The van der Waals surface area contributed by atoms with E-state index < -0.39 is 0 Å². The lowest BCUT2D eigenvalue weighted by Gasteiger charge is -2.36. The third kappa shape index (κ3) is 4.01. The van der Waals surface area contributed by atoms with Gasteiger partial charge in [-0.2, -0.15) is 5.26 Å². The van der Waals surface area contributed by atoms with Crippen LogP contribution < -0.4 is 15.0 Å². The number of nitriles is 1. The first-order chi connectivity index (χ1) is 12.6. The van der Waals surface area contributed by atoms with Crippen LogP contribution in [0.25, 0.3) is 0 Å². The molecule has 1 saturated heterocycles. The molecule has 0 aliphatic carbocycles. The van der Waals surface area contributed by atoms with Gasteiger partial charge in [0, 0.05) is 36.9 Å². The van der Waals surface area contributed by atoms with Crippen LogP contribution in [0.3, 0.4) is 0 Å². The van der Waals surface area contributed by atoms with Crippen LogP contribution in [0.15, 0.2) is 42.5 Å². The number of urea groups is 1. The largest absolute Gasteiger partial charge is 0.495 e. The number of benzene rings is 2. The molecule has 1 aliphatic rings. The Morgan fingerprint density at radius 2 is 1.96 bits per heavy atom. The molecule has 0 atom stereocenters. The lowest BCUT2D eigenvalue weighted by molar-refractivity contribution is 0.208. The molecule has 2 aromatic rings. The van der Waals surface area contributed by atoms with Crippen LogP contribution in [0, 0.1) is 11.3 Å². The van der Waals surface area contributed by atoms with Gasteiger partial charge in [0.2, 0.25) is 0 Å². The summed E-state index contributed by atoms with van der Waals surface area (Å²) in [5.41, 5.74) is 2.07. The summed E-state index contributed by atoms with van der Waals surface area (Å²) in [5, 5.41) is 12.4. The molecule has 134 valence electrons. The Balaban J connectivity index is 1.62. The van der Waals surface area contributed by atoms with Gasteiger partial charge in [-0.15, -0.1) is 0 Å². The predicted octanol–water partition coefficient (Wildman–Crippen LogP) is 3.57. The average Bonchev–Trinajstić information content (AvgIpc) is 2.68. The monoisotopic (exact) mass is 370 g/mol. The second-order valence-electron chi connectivity index (χ2n) is 5.91. The molecule has 7 heteroatoms. The summed E-state index contributed by atoms with van der Waals surface area (Å²) >= 11 is 6.11. The number of hydrogen-bond acceptors (Lipinski definition) is 4. The van der Waals surface area contributed by atoms with Crippen LogP contribution in [0.4, 0.5) is 16.2 Å². The van der Waals surface area contributed by atoms with Gasteiger partial charge in [-0.1, -0.05) is 17.7 Å². The van der Waals surface area contributed by atoms with Crippen molar-refractivity contribution in [2.45, 2.75) is 0 Å². The number of amides is 2. The number of rotatable bonds is 3. The average molecular weight is 371 g/mol. The lowest BCUT2D eigenvalue weighted by Crippen LogP contribution is -2.50. The van der Waals surface area contributed by atoms with E-state index >= 15 is 0 Å². The van der Waals surface area contributed by atoms with Gasteiger partial charge in [0.25, 0.3) is 0 Å². The van der Waals surface area contributed by atoms with Crippen LogP contribution in [0.1, 0.15) is 5.56 Å². The molecule has 1 N–H and O–H groups in total. The highest BCUT2D eigenvalue weighted by Gasteiger charge is 2.23. The first-order valence-electron chi connectivity index (χ1n) is 8.25. The van der Waals surface area contributed by atoms with Gasteiger partial charge in [-0.25, -0.2) is 4.79 Å². The lowest BCUT2D eigenvalue weighted by atomic mass is 10.2. The molecule has 0 saturated carbocycles. The first kappa shape index (κ1) is 17.9. The number of anilines is 2. The van der Waals surface area contributed by atoms with Crippen molar-refractivity contribution in [3.63, 3.8) is 0 Å². The summed E-state index contributed by atoms with van der Waals surface area (Å²) < 4.78 is 5.41. The highest BCUT2D eigenvalue weighted by Crippen LogP contribution is 2.31. The Hall–Kier alpha value is -2.91. The van der Waals surface area contributed by atoms with E-state index in [1.807, 2.05) is 12.1 Å². The van der Waals surface area contributed by atoms with Gasteiger partial charge in [-0.05, 0) is 36.4 Å². The summed E-state index contributed by atoms with van der Waals surface area (Å²) in [4.78, 5) is 16.4. The summed E-state index contributed by atoms with van der Waals surface area (Å²) in [5.74, 6) is 0.764. The molecule has 0 unspecified atom stereocenters. The molecule has 6 nitrogen and oxygen atoms in total. The number of nitrogens with one attached hydrogen (secondary N) is 1. The van der Waals surface area contributed by atoms with Gasteiger partial charge in [0.05, 0.1) is 24.4 Å². The Bertz CT molecular complexity index is 842. The second-order valence-corrected chi connectivity index (χ2v) is 6.35. The maximum Gasteiger partial charge on any atom is 0.321 e. The molecule has 1 aliphatic heterocycles. The Morgan fingerprint density at radius 1 is 1.19 bits per heavy atom. The number of piperazine rings is 1. The highest BCUT2D eigenvalue weighted by atomic mass is 35.5. The van der Waals surface area contributed by atoms with Gasteiger partial charge < -0.3 is 19.9 Å². The fourth-order valence-electron chi connectivity index (χ4n) is 2.93. The van der Waals surface area contributed by atoms with E-state index in [2.05, 4.69) is 16.3 Å². The summed E-state index contributed by atoms with van der Waals surface area (Å²) in [6.07, 6.45) is 0. The summed E-state index contributed by atoms with van der Waals surface area (Å²) in [7, 11) is 1.63. The third-order valence-electron chi connectivity index (χ3n) is 4.29. The van der Waals surface area contributed by atoms with E-state index in [9.17, 15) is 4.79 Å². The zero-order valence-electron chi connectivity index (χ0n) is 14.4. The van der Waals surface area contributed by atoms with Crippen molar-refractivity contribution in [3.05, 3.63) is 53.1 Å². The Kier molecular flexibility index (Phi) is 5.49. The number of ether oxygens (including phenoxy) is 1. The highest BCUT2D eigenvalue weighted by molar-refractivity contribution is 6.30. The van der Waals surface area contributed by atoms with Crippen LogP contribution in [0.2, 0.25) is 5.02 Å². The minimum Gasteiger partial charge on any atom is -0.495 e. The Morgan fingerprint density at radius 3 is 2.65 bits per heavy atom. The third-order valence-corrected chi connectivity index (χ3v) is 4.53. The molecule has 1 heterocycles. The van der Waals surface area contributed by atoms with E-state index in [4.69, 9.17) is 21.6 Å². The van der Waals surface area contributed by atoms with E-state index in [0.29, 0.717) is 42.5 Å². The molecule has 1 fully saturated rings. The number of hydrogen-bond donors (Lipinski definition) is 1. The number of carbonyl (C=O) groups excluding carboxylic acids is 1. The molecular weight excluding hydrogens is 352 g/mol. The van der Waals surface area contributed by atoms with Crippen LogP contribution >= 0.6 is 11.6 Å². The first-order valence-corrected chi connectivity index (χ1v) is 8.63. The van der Waals surface area contributed by atoms with E-state index in [1.54, 1.807) is 42.3 Å². The van der Waals surface area contributed by atoms with Crippen LogP contribution in [0.5, 0.6) is 5.75 Å². The van der Waals surface area contributed by atoms with E-state index in [-0.39, 0.29) is 6.03 Å². The van der Waals surface area contributed by atoms with E-state index in [1.165, 1.54) is 0 Å². The fourth-order valence-corrected chi connectivity index (χ4v) is 3.10.